The summed E-state index contributed by atoms with van der Waals surface area (Å²) < 4.78 is 6.55. The molecule has 0 unspecified atom stereocenters. The van der Waals surface area contributed by atoms with Gasteiger partial charge in [0.25, 0.3) is 5.56 Å². The fraction of sp³-hybridized carbons (Fsp3) is 0.600. The van der Waals surface area contributed by atoms with E-state index < -0.39 is 0 Å². The van der Waals surface area contributed by atoms with Gasteiger partial charge in [0.1, 0.15) is 0 Å². The average molecular weight is 211 g/mol. The van der Waals surface area contributed by atoms with Crippen LogP contribution in [0.5, 0.6) is 0 Å². The van der Waals surface area contributed by atoms with Gasteiger partial charge in [-0.05, 0) is 13.8 Å². The van der Waals surface area contributed by atoms with Gasteiger partial charge < -0.3 is 10.1 Å². The van der Waals surface area contributed by atoms with Crippen molar-refractivity contribution in [1.82, 2.24) is 9.78 Å². The zero-order valence-corrected chi connectivity index (χ0v) is 9.19. The molecule has 0 aromatic carbocycles. The van der Waals surface area contributed by atoms with Crippen LogP contribution in [-0.4, -0.2) is 29.5 Å². The van der Waals surface area contributed by atoms with E-state index in [-0.39, 0.29) is 5.56 Å². The third-order valence-electron chi connectivity index (χ3n) is 1.90. The Morgan fingerprint density at radius 3 is 2.93 bits per heavy atom. The third kappa shape index (κ3) is 3.71. The summed E-state index contributed by atoms with van der Waals surface area (Å²) in [6, 6.07) is 1.54. The standard InChI is InChI=1S/C10H17N3O2/c1-3-11-9-7-10(14)13(12-8-9)5-6-15-4-2/h7-8,11H,3-6H2,1-2H3. The minimum Gasteiger partial charge on any atom is -0.384 e. The van der Waals surface area contributed by atoms with E-state index in [1.807, 2.05) is 13.8 Å². The average Bonchev–Trinajstić information content (AvgIpc) is 2.22. The zero-order chi connectivity index (χ0) is 11.1. The van der Waals surface area contributed by atoms with Crippen molar-refractivity contribution >= 4 is 5.69 Å². The maximum Gasteiger partial charge on any atom is 0.268 e. The first-order chi connectivity index (χ1) is 7.27. The van der Waals surface area contributed by atoms with Crippen LogP contribution < -0.4 is 10.9 Å². The summed E-state index contributed by atoms with van der Waals surface area (Å²) in [5.74, 6) is 0. The number of ether oxygens (including phenoxy) is 1. The Labute approximate surface area is 89.1 Å². The van der Waals surface area contributed by atoms with Crippen LogP contribution >= 0.6 is 0 Å². The molecule has 0 amide bonds. The molecule has 5 heteroatoms. The SMILES string of the molecule is CCNc1cnn(CCOCC)c(=O)c1. The van der Waals surface area contributed by atoms with E-state index in [1.165, 1.54) is 4.68 Å². The smallest absolute Gasteiger partial charge is 0.268 e. The first kappa shape index (κ1) is 11.7. The third-order valence-corrected chi connectivity index (χ3v) is 1.90. The molecule has 0 fully saturated rings. The molecule has 1 rings (SSSR count). The molecule has 84 valence electrons. The van der Waals surface area contributed by atoms with Gasteiger partial charge in [-0.1, -0.05) is 0 Å². The minimum atomic E-state index is -0.104. The lowest BCUT2D eigenvalue weighted by Crippen LogP contribution is -2.24. The highest BCUT2D eigenvalue weighted by Crippen LogP contribution is 1.97. The topological polar surface area (TPSA) is 56.1 Å². The van der Waals surface area contributed by atoms with Crippen molar-refractivity contribution in [3.8, 4) is 0 Å². The van der Waals surface area contributed by atoms with Crippen molar-refractivity contribution in [1.29, 1.82) is 0 Å². The molecule has 0 aliphatic heterocycles. The molecule has 15 heavy (non-hydrogen) atoms. The summed E-state index contributed by atoms with van der Waals surface area (Å²) in [5, 5.41) is 7.07. The summed E-state index contributed by atoms with van der Waals surface area (Å²) >= 11 is 0. The predicted molar refractivity (Wildman–Crippen MR) is 59.2 cm³/mol. The lowest BCUT2D eigenvalue weighted by atomic mass is 10.4. The Bertz CT molecular complexity index is 349. The molecular weight excluding hydrogens is 194 g/mol. The van der Waals surface area contributed by atoms with E-state index in [1.54, 1.807) is 12.3 Å². The van der Waals surface area contributed by atoms with Crippen LogP contribution in [0.2, 0.25) is 0 Å². The van der Waals surface area contributed by atoms with E-state index in [0.717, 1.165) is 12.2 Å². The molecule has 5 nitrogen and oxygen atoms in total. The second-order valence-corrected chi connectivity index (χ2v) is 3.03. The second-order valence-electron chi connectivity index (χ2n) is 3.03. The number of hydrogen-bond donors (Lipinski definition) is 1. The largest absolute Gasteiger partial charge is 0.384 e. The summed E-state index contributed by atoms with van der Waals surface area (Å²) in [5.41, 5.74) is 0.656. The predicted octanol–water partition coefficient (Wildman–Crippen LogP) is 0.712. The van der Waals surface area contributed by atoms with Crippen LogP contribution in [0.3, 0.4) is 0 Å². The first-order valence-electron chi connectivity index (χ1n) is 5.16. The van der Waals surface area contributed by atoms with Crippen molar-refractivity contribution in [3.63, 3.8) is 0 Å². The quantitative estimate of drug-likeness (QED) is 0.704. The molecule has 0 saturated heterocycles. The summed E-state index contributed by atoms with van der Waals surface area (Å²) in [7, 11) is 0. The van der Waals surface area contributed by atoms with Crippen LogP contribution in [0.15, 0.2) is 17.1 Å². The molecular formula is C10H17N3O2. The number of rotatable bonds is 6. The molecule has 0 radical (unpaired) electrons. The number of anilines is 1. The van der Waals surface area contributed by atoms with Crippen LogP contribution in [0.1, 0.15) is 13.8 Å². The summed E-state index contributed by atoms with van der Waals surface area (Å²) in [6.07, 6.45) is 1.65. The lowest BCUT2D eigenvalue weighted by molar-refractivity contribution is 0.135. The first-order valence-corrected chi connectivity index (χ1v) is 5.16. The summed E-state index contributed by atoms with van der Waals surface area (Å²) in [6.45, 7) is 6.35. The van der Waals surface area contributed by atoms with Crippen LogP contribution in [0.25, 0.3) is 0 Å². The van der Waals surface area contributed by atoms with Gasteiger partial charge in [-0.3, -0.25) is 4.79 Å². The zero-order valence-electron chi connectivity index (χ0n) is 9.19. The number of aromatic nitrogens is 2. The van der Waals surface area contributed by atoms with Crippen molar-refractivity contribution < 1.29 is 4.74 Å². The van der Waals surface area contributed by atoms with Crippen LogP contribution in [0.4, 0.5) is 5.69 Å². The van der Waals surface area contributed by atoms with Crippen LogP contribution in [-0.2, 0) is 11.3 Å². The van der Waals surface area contributed by atoms with Gasteiger partial charge in [0.15, 0.2) is 0 Å². The Morgan fingerprint density at radius 1 is 1.53 bits per heavy atom. The monoisotopic (exact) mass is 211 g/mol. The Balaban J connectivity index is 2.62. The van der Waals surface area contributed by atoms with E-state index in [4.69, 9.17) is 4.74 Å². The van der Waals surface area contributed by atoms with Crippen molar-refractivity contribution in [2.45, 2.75) is 20.4 Å². The molecule has 1 N–H and O–H groups in total. The molecule has 1 aromatic heterocycles. The molecule has 1 heterocycles. The number of nitrogens with one attached hydrogen (secondary N) is 1. The van der Waals surface area contributed by atoms with Crippen LogP contribution in [0, 0.1) is 0 Å². The molecule has 0 saturated carbocycles. The molecule has 0 bridgehead atoms. The van der Waals surface area contributed by atoms with Gasteiger partial charge in [-0.25, -0.2) is 4.68 Å². The van der Waals surface area contributed by atoms with Gasteiger partial charge >= 0.3 is 0 Å². The molecule has 1 aromatic rings. The van der Waals surface area contributed by atoms with Crippen molar-refractivity contribution in [2.24, 2.45) is 0 Å². The van der Waals surface area contributed by atoms with Crippen molar-refractivity contribution in [3.05, 3.63) is 22.6 Å². The van der Waals surface area contributed by atoms with Crippen molar-refractivity contribution in [2.75, 3.05) is 25.1 Å². The molecule has 0 aliphatic carbocycles. The highest BCUT2D eigenvalue weighted by molar-refractivity contribution is 5.38. The highest BCUT2D eigenvalue weighted by atomic mass is 16.5. The van der Waals surface area contributed by atoms with Gasteiger partial charge in [0.2, 0.25) is 0 Å². The Hall–Kier alpha value is -1.36. The summed E-state index contributed by atoms with van der Waals surface area (Å²) in [4.78, 5) is 11.5. The molecule has 0 atom stereocenters. The fourth-order valence-electron chi connectivity index (χ4n) is 1.20. The second kappa shape index (κ2) is 6.19. The number of hydrogen-bond acceptors (Lipinski definition) is 4. The van der Waals surface area contributed by atoms with Gasteiger partial charge in [0.05, 0.1) is 25.0 Å². The molecule has 0 aliphatic rings. The lowest BCUT2D eigenvalue weighted by Gasteiger charge is -2.06. The van der Waals surface area contributed by atoms with Gasteiger partial charge in [-0.2, -0.15) is 5.10 Å². The maximum atomic E-state index is 11.5. The van der Waals surface area contributed by atoms with Gasteiger partial charge in [-0.15, -0.1) is 0 Å². The Morgan fingerprint density at radius 2 is 2.33 bits per heavy atom. The maximum absolute atomic E-state index is 11.5. The normalized spacial score (nSPS) is 10.3. The van der Waals surface area contributed by atoms with E-state index in [0.29, 0.717) is 19.8 Å². The number of nitrogens with zero attached hydrogens (tertiary/aromatic N) is 2. The van der Waals surface area contributed by atoms with Gasteiger partial charge in [0, 0.05) is 19.2 Å². The minimum absolute atomic E-state index is 0.104. The van der Waals surface area contributed by atoms with E-state index >= 15 is 0 Å². The Kier molecular flexibility index (Phi) is 4.83. The van der Waals surface area contributed by atoms with E-state index in [2.05, 4.69) is 10.4 Å². The highest BCUT2D eigenvalue weighted by Gasteiger charge is 1.98. The fourth-order valence-corrected chi connectivity index (χ4v) is 1.20. The van der Waals surface area contributed by atoms with E-state index in [9.17, 15) is 4.79 Å². The molecule has 0 spiro atoms.